The SMILES string of the molecule is [CH2][CH]CCCCCCCCCCCCC[CH2]. The van der Waals surface area contributed by atoms with Gasteiger partial charge in [-0.05, 0) is 13.3 Å². The van der Waals surface area contributed by atoms with Gasteiger partial charge < -0.3 is 0 Å². The van der Waals surface area contributed by atoms with Crippen molar-refractivity contribution in [1.82, 2.24) is 0 Å². The first kappa shape index (κ1) is 16.0. The van der Waals surface area contributed by atoms with Crippen LogP contribution >= 0.6 is 0 Å². The topological polar surface area (TPSA) is 0 Å². The van der Waals surface area contributed by atoms with E-state index in [0.717, 1.165) is 6.42 Å². The summed E-state index contributed by atoms with van der Waals surface area (Å²) in [4.78, 5) is 0. The van der Waals surface area contributed by atoms with Crippen LogP contribution in [0.3, 0.4) is 0 Å². The first-order valence-corrected chi connectivity index (χ1v) is 7.32. The summed E-state index contributed by atoms with van der Waals surface area (Å²) in [7, 11) is 0. The number of rotatable bonds is 13. The van der Waals surface area contributed by atoms with E-state index in [0.29, 0.717) is 0 Å². The van der Waals surface area contributed by atoms with Gasteiger partial charge in [-0.15, -0.1) is 0 Å². The molecule has 16 heavy (non-hydrogen) atoms. The molecule has 0 bridgehead atoms. The molecule has 95 valence electrons. The van der Waals surface area contributed by atoms with Gasteiger partial charge in [0.15, 0.2) is 0 Å². The Morgan fingerprint density at radius 3 is 1.31 bits per heavy atom. The first-order chi connectivity index (χ1) is 7.91. The van der Waals surface area contributed by atoms with E-state index in [9.17, 15) is 0 Å². The highest BCUT2D eigenvalue weighted by Crippen LogP contribution is 2.12. The lowest BCUT2D eigenvalue weighted by atomic mass is 10.0. The summed E-state index contributed by atoms with van der Waals surface area (Å²) in [6.45, 7) is 7.61. The predicted molar refractivity (Wildman–Crippen MR) is 75.0 cm³/mol. The quantitative estimate of drug-likeness (QED) is 0.339. The molecule has 0 saturated heterocycles. The van der Waals surface area contributed by atoms with Crippen LogP contribution < -0.4 is 0 Å². The van der Waals surface area contributed by atoms with Crippen molar-refractivity contribution in [3.05, 3.63) is 20.3 Å². The molecule has 0 aliphatic rings. The van der Waals surface area contributed by atoms with Crippen LogP contribution in [0.15, 0.2) is 0 Å². The summed E-state index contributed by atoms with van der Waals surface area (Å²) < 4.78 is 0. The van der Waals surface area contributed by atoms with Crippen molar-refractivity contribution in [3.8, 4) is 0 Å². The Bertz CT molecular complexity index is 92.6. The van der Waals surface area contributed by atoms with Crippen LogP contribution in [0, 0.1) is 20.3 Å². The molecule has 0 heterocycles. The minimum absolute atomic E-state index is 1.12. The summed E-state index contributed by atoms with van der Waals surface area (Å²) in [5.41, 5.74) is 0. The zero-order valence-electron chi connectivity index (χ0n) is 11.2. The van der Waals surface area contributed by atoms with Crippen LogP contribution in [0.5, 0.6) is 0 Å². The number of unbranched alkanes of at least 4 members (excludes halogenated alkanes) is 13. The van der Waals surface area contributed by atoms with E-state index in [1.807, 2.05) is 6.42 Å². The Balaban J connectivity index is 2.83. The molecule has 0 unspecified atom stereocenters. The molecule has 0 spiro atoms. The molecule has 0 aliphatic carbocycles. The van der Waals surface area contributed by atoms with E-state index >= 15 is 0 Å². The third kappa shape index (κ3) is 14.0. The molecule has 0 fully saturated rings. The zero-order chi connectivity index (χ0) is 11.9. The third-order valence-corrected chi connectivity index (χ3v) is 3.16. The molecule has 0 aliphatic heterocycles. The normalized spacial score (nSPS) is 10.9. The Labute approximate surface area is 104 Å². The predicted octanol–water partition coefficient (Wildman–Crippen LogP) is 5.93. The highest BCUT2D eigenvalue weighted by molar-refractivity contribution is 4.65. The van der Waals surface area contributed by atoms with E-state index in [-0.39, 0.29) is 0 Å². The van der Waals surface area contributed by atoms with E-state index in [2.05, 4.69) is 13.8 Å². The highest BCUT2D eigenvalue weighted by Gasteiger charge is 1.92. The molecule has 0 aromatic heterocycles. The van der Waals surface area contributed by atoms with Crippen molar-refractivity contribution in [2.75, 3.05) is 0 Å². The van der Waals surface area contributed by atoms with Crippen molar-refractivity contribution in [2.24, 2.45) is 0 Å². The van der Waals surface area contributed by atoms with Gasteiger partial charge in [0.25, 0.3) is 0 Å². The third-order valence-electron chi connectivity index (χ3n) is 3.16. The fraction of sp³-hybridized carbons (Fsp3) is 0.812. The van der Waals surface area contributed by atoms with Gasteiger partial charge in [0.05, 0.1) is 0 Å². The van der Waals surface area contributed by atoms with Gasteiger partial charge in [0, 0.05) is 0 Å². The number of hydrogen-bond donors (Lipinski definition) is 0. The van der Waals surface area contributed by atoms with Gasteiger partial charge in [-0.2, -0.15) is 0 Å². The molecule has 0 amide bonds. The second-order valence-corrected chi connectivity index (χ2v) is 4.82. The second-order valence-electron chi connectivity index (χ2n) is 4.82. The fourth-order valence-electron chi connectivity index (χ4n) is 2.06. The Morgan fingerprint density at radius 2 is 0.938 bits per heavy atom. The average molecular weight is 223 g/mol. The highest BCUT2D eigenvalue weighted by atomic mass is 14.0. The van der Waals surface area contributed by atoms with E-state index in [1.54, 1.807) is 0 Å². The van der Waals surface area contributed by atoms with Crippen molar-refractivity contribution in [2.45, 2.75) is 83.5 Å². The van der Waals surface area contributed by atoms with Crippen LogP contribution in [-0.4, -0.2) is 0 Å². The van der Waals surface area contributed by atoms with Crippen LogP contribution in [0.2, 0.25) is 0 Å². The van der Waals surface area contributed by atoms with Crippen molar-refractivity contribution in [3.63, 3.8) is 0 Å². The molecule has 0 atom stereocenters. The summed E-state index contributed by atoms with van der Waals surface area (Å²) in [6, 6.07) is 0. The standard InChI is InChI=1S/C16H31/c1-3-5-7-9-11-13-15-16-14-12-10-8-6-4-2/h3H,1-2,4-16H2. The van der Waals surface area contributed by atoms with E-state index < -0.39 is 0 Å². The van der Waals surface area contributed by atoms with Gasteiger partial charge in [0.2, 0.25) is 0 Å². The first-order valence-electron chi connectivity index (χ1n) is 7.32. The largest absolute Gasteiger partial charge is 0.0533 e. The molecule has 0 nitrogen and oxygen atoms in total. The van der Waals surface area contributed by atoms with Crippen molar-refractivity contribution < 1.29 is 0 Å². The molecule has 0 aromatic carbocycles. The maximum atomic E-state index is 3.87. The Kier molecular flexibility index (Phi) is 15.0. The number of hydrogen-bond acceptors (Lipinski definition) is 0. The summed E-state index contributed by atoms with van der Waals surface area (Å²) >= 11 is 0. The van der Waals surface area contributed by atoms with Gasteiger partial charge in [-0.3, -0.25) is 0 Å². The average Bonchev–Trinajstić information content (AvgIpc) is 2.31. The Morgan fingerprint density at radius 1 is 0.562 bits per heavy atom. The van der Waals surface area contributed by atoms with Gasteiger partial charge in [-0.1, -0.05) is 90.4 Å². The molecule has 0 N–H and O–H groups in total. The summed E-state index contributed by atoms with van der Waals surface area (Å²) in [6.07, 6.45) is 19.9. The minimum atomic E-state index is 1.12. The lowest BCUT2D eigenvalue weighted by molar-refractivity contribution is 0.546. The summed E-state index contributed by atoms with van der Waals surface area (Å²) in [5, 5.41) is 0. The smallest absolute Gasteiger partial charge is 0.0386 e. The molecular formula is C16H31. The fourth-order valence-corrected chi connectivity index (χ4v) is 2.06. The minimum Gasteiger partial charge on any atom is -0.0533 e. The molecule has 0 saturated carbocycles. The van der Waals surface area contributed by atoms with Gasteiger partial charge in [0.1, 0.15) is 0 Å². The molecule has 0 aromatic rings. The molecule has 0 heteroatoms. The lowest BCUT2D eigenvalue weighted by Gasteiger charge is -2.02. The van der Waals surface area contributed by atoms with E-state index in [1.165, 1.54) is 77.0 Å². The monoisotopic (exact) mass is 223 g/mol. The molecular weight excluding hydrogens is 192 g/mol. The van der Waals surface area contributed by atoms with Crippen molar-refractivity contribution in [1.29, 1.82) is 0 Å². The Hall–Kier alpha value is 0. The lowest BCUT2D eigenvalue weighted by Crippen LogP contribution is -1.82. The van der Waals surface area contributed by atoms with Crippen molar-refractivity contribution >= 4 is 0 Å². The van der Waals surface area contributed by atoms with Gasteiger partial charge in [-0.25, -0.2) is 0 Å². The van der Waals surface area contributed by atoms with Gasteiger partial charge >= 0.3 is 0 Å². The zero-order valence-corrected chi connectivity index (χ0v) is 11.2. The van der Waals surface area contributed by atoms with Crippen LogP contribution in [0.4, 0.5) is 0 Å². The van der Waals surface area contributed by atoms with E-state index in [4.69, 9.17) is 0 Å². The maximum Gasteiger partial charge on any atom is -0.0386 e. The maximum absolute atomic E-state index is 3.87. The van der Waals surface area contributed by atoms with Crippen LogP contribution in [0.1, 0.15) is 83.5 Å². The molecule has 0 rings (SSSR count). The summed E-state index contributed by atoms with van der Waals surface area (Å²) in [5.74, 6) is 0. The van der Waals surface area contributed by atoms with Crippen LogP contribution in [-0.2, 0) is 0 Å². The van der Waals surface area contributed by atoms with Crippen LogP contribution in [0.25, 0.3) is 0 Å². The molecule has 3 radical (unpaired) electrons. The second kappa shape index (κ2) is 15.0.